The third-order valence-corrected chi connectivity index (χ3v) is 7.46. The Morgan fingerprint density at radius 3 is 2.76 bits per heavy atom. The number of hydrogen-bond donors (Lipinski definition) is 1. The van der Waals surface area contributed by atoms with Crippen LogP contribution in [0.2, 0.25) is 0 Å². The molecule has 0 saturated carbocycles. The highest BCUT2D eigenvalue weighted by Crippen LogP contribution is 2.36. The number of nitrogens with one attached hydrogen (secondary N) is 1. The van der Waals surface area contributed by atoms with Crippen molar-refractivity contribution in [3.05, 3.63) is 53.6 Å². The van der Waals surface area contributed by atoms with Gasteiger partial charge in [0.2, 0.25) is 16.9 Å². The van der Waals surface area contributed by atoms with Gasteiger partial charge in [-0.15, -0.1) is 10.2 Å². The smallest absolute Gasteiger partial charge is 0.231 e. The second-order valence-corrected chi connectivity index (χ2v) is 9.89. The summed E-state index contributed by atoms with van der Waals surface area (Å²) in [5.74, 6) is 1.07. The molecule has 11 heteroatoms. The molecule has 2 amide bonds. The molecule has 5 rings (SSSR count). The maximum absolute atomic E-state index is 12.8. The van der Waals surface area contributed by atoms with Crippen LogP contribution in [0.15, 0.2) is 46.8 Å². The van der Waals surface area contributed by atoms with Crippen molar-refractivity contribution in [2.75, 3.05) is 30.0 Å². The van der Waals surface area contributed by atoms with Crippen molar-refractivity contribution in [1.29, 1.82) is 5.26 Å². The van der Waals surface area contributed by atoms with Gasteiger partial charge >= 0.3 is 0 Å². The maximum atomic E-state index is 12.8. The first kappa shape index (κ1) is 22.2. The van der Waals surface area contributed by atoms with E-state index in [9.17, 15) is 9.59 Å². The SMILES string of the molecule is N#Cc1ccc(CSc2nnc(NC(=O)[C@H]3CC(=O)N(c4ccc5c(c4)OCCO5)C3)s2)cc1. The van der Waals surface area contributed by atoms with Crippen LogP contribution in [0.25, 0.3) is 0 Å². The van der Waals surface area contributed by atoms with Crippen LogP contribution in [0.1, 0.15) is 17.5 Å². The molecule has 1 atom stereocenters. The van der Waals surface area contributed by atoms with Crippen molar-refractivity contribution in [3.63, 3.8) is 0 Å². The summed E-state index contributed by atoms with van der Waals surface area (Å²) in [6.07, 6.45) is 0.124. The zero-order valence-electron chi connectivity index (χ0n) is 17.9. The predicted octanol–water partition coefficient (Wildman–Crippen LogP) is 3.46. The number of amides is 2. The minimum absolute atomic E-state index is 0.118. The van der Waals surface area contributed by atoms with Gasteiger partial charge in [0, 0.05) is 30.5 Å². The monoisotopic (exact) mass is 493 g/mol. The number of hydrogen-bond acceptors (Lipinski definition) is 9. The molecule has 2 aliphatic rings. The Balaban J connectivity index is 1.17. The highest BCUT2D eigenvalue weighted by molar-refractivity contribution is 8.00. The van der Waals surface area contributed by atoms with E-state index in [0.717, 1.165) is 9.90 Å². The van der Waals surface area contributed by atoms with Crippen molar-refractivity contribution in [2.24, 2.45) is 5.92 Å². The molecule has 0 spiro atoms. The fraction of sp³-hybridized carbons (Fsp3) is 0.261. The Kier molecular flexibility index (Phi) is 6.33. The van der Waals surface area contributed by atoms with Gasteiger partial charge in [-0.05, 0) is 29.8 Å². The molecule has 1 fully saturated rings. The van der Waals surface area contributed by atoms with Crippen molar-refractivity contribution in [1.82, 2.24) is 10.2 Å². The molecule has 1 saturated heterocycles. The lowest BCUT2D eigenvalue weighted by molar-refractivity contribution is -0.122. The number of benzene rings is 2. The molecule has 2 aromatic carbocycles. The van der Waals surface area contributed by atoms with Crippen LogP contribution in [-0.2, 0) is 15.3 Å². The molecule has 0 bridgehead atoms. The van der Waals surface area contributed by atoms with E-state index in [1.165, 1.54) is 23.1 Å². The second-order valence-electron chi connectivity index (χ2n) is 7.69. The molecular formula is C23H19N5O4S2. The number of carbonyl (C=O) groups excluding carboxylic acids is 2. The van der Waals surface area contributed by atoms with Gasteiger partial charge in [0.1, 0.15) is 13.2 Å². The van der Waals surface area contributed by atoms with Crippen LogP contribution in [0.3, 0.4) is 0 Å². The summed E-state index contributed by atoms with van der Waals surface area (Å²) in [6.45, 7) is 1.24. The molecule has 9 nitrogen and oxygen atoms in total. The van der Waals surface area contributed by atoms with E-state index in [-0.39, 0.29) is 24.8 Å². The minimum atomic E-state index is -0.487. The third kappa shape index (κ3) is 4.83. The molecular weight excluding hydrogens is 474 g/mol. The van der Waals surface area contributed by atoms with Gasteiger partial charge in [-0.3, -0.25) is 9.59 Å². The summed E-state index contributed by atoms with van der Waals surface area (Å²) < 4.78 is 11.9. The molecule has 172 valence electrons. The standard InChI is InChI=1S/C23H19N5O4S2/c24-11-14-1-3-15(4-2-14)13-33-23-27-26-22(34-23)25-21(30)16-9-20(29)28(12-16)17-5-6-18-19(10-17)32-8-7-31-18/h1-6,10,16H,7-9,12-13H2,(H,25,26,30)/t16-/m0/s1. The van der Waals surface area contributed by atoms with Crippen LogP contribution >= 0.6 is 23.1 Å². The zero-order valence-corrected chi connectivity index (χ0v) is 19.5. The van der Waals surface area contributed by atoms with E-state index in [2.05, 4.69) is 21.6 Å². The molecule has 0 unspecified atom stereocenters. The second kappa shape index (κ2) is 9.70. The van der Waals surface area contributed by atoms with Crippen molar-refractivity contribution >= 4 is 45.7 Å². The van der Waals surface area contributed by atoms with Crippen LogP contribution in [0.4, 0.5) is 10.8 Å². The van der Waals surface area contributed by atoms with Crippen LogP contribution in [0.5, 0.6) is 11.5 Å². The Morgan fingerprint density at radius 1 is 1.18 bits per heavy atom. The van der Waals surface area contributed by atoms with Gasteiger partial charge in [0.15, 0.2) is 15.8 Å². The highest BCUT2D eigenvalue weighted by Gasteiger charge is 2.36. The lowest BCUT2D eigenvalue weighted by atomic mass is 10.1. The molecule has 2 aliphatic heterocycles. The summed E-state index contributed by atoms with van der Waals surface area (Å²) in [7, 11) is 0. The Morgan fingerprint density at radius 2 is 1.97 bits per heavy atom. The number of rotatable bonds is 6. The molecule has 0 radical (unpaired) electrons. The van der Waals surface area contributed by atoms with E-state index in [1.807, 2.05) is 12.1 Å². The summed E-state index contributed by atoms with van der Waals surface area (Å²) in [4.78, 5) is 27.0. The molecule has 1 N–H and O–H groups in total. The van der Waals surface area contributed by atoms with Crippen LogP contribution in [0, 0.1) is 17.2 Å². The molecule has 1 aromatic heterocycles. The van der Waals surface area contributed by atoms with Crippen LogP contribution in [-0.4, -0.2) is 41.8 Å². The average Bonchev–Trinajstić information content (AvgIpc) is 3.49. The zero-order chi connectivity index (χ0) is 23.5. The maximum Gasteiger partial charge on any atom is 0.231 e. The topological polar surface area (TPSA) is 117 Å². The summed E-state index contributed by atoms with van der Waals surface area (Å²) in [5.41, 5.74) is 2.36. The Hall–Kier alpha value is -3.62. The number of nitrogens with zero attached hydrogens (tertiary/aromatic N) is 4. The van der Waals surface area contributed by atoms with Gasteiger partial charge in [0.25, 0.3) is 0 Å². The van der Waals surface area contributed by atoms with Gasteiger partial charge in [0.05, 0.1) is 17.6 Å². The Labute approximate surface area is 203 Å². The number of aromatic nitrogens is 2. The van der Waals surface area contributed by atoms with Crippen molar-refractivity contribution in [2.45, 2.75) is 16.5 Å². The summed E-state index contributed by atoms with van der Waals surface area (Å²) >= 11 is 2.79. The van der Waals surface area contributed by atoms with E-state index >= 15 is 0 Å². The van der Waals surface area contributed by atoms with Gasteiger partial charge in [-0.25, -0.2) is 0 Å². The summed E-state index contributed by atoms with van der Waals surface area (Å²) in [5, 5.41) is 20.3. The predicted molar refractivity (Wildman–Crippen MR) is 127 cm³/mol. The summed E-state index contributed by atoms with van der Waals surface area (Å²) in [6, 6.07) is 14.8. The number of fused-ring (bicyclic) bond motifs is 1. The number of carbonyl (C=O) groups is 2. The van der Waals surface area contributed by atoms with Crippen molar-refractivity contribution < 1.29 is 19.1 Å². The molecule has 3 aromatic rings. The third-order valence-electron chi connectivity index (χ3n) is 5.42. The number of thioether (sulfide) groups is 1. The van der Waals surface area contributed by atoms with Crippen LogP contribution < -0.4 is 19.7 Å². The molecule has 3 heterocycles. The first-order valence-corrected chi connectivity index (χ1v) is 12.4. The Bertz CT molecular complexity index is 1270. The van der Waals surface area contributed by atoms with Gasteiger partial charge < -0.3 is 19.7 Å². The quantitative estimate of drug-likeness (QED) is 0.410. The van der Waals surface area contributed by atoms with E-state index in [4.69, 9.17) is 14.7 Å². The number of anilines is 2. The fourth-order valence-corrected chi connectivity index (χ4v) is 5.39. The normalized spacial score (nSPS) is 16.9. The first-order chi connectivity index (χ1) is 16.6. The lowest BCUT2D eigenvalue weighted by Gasteiger charge is -2.22. The van der Waals surface area contributed by atoms with Crippen molar-refractivity contribution in [3.8, 4) is 17.6 Å². The molecule has 34 heavy (non-hydrogen) atoms. The fourth-order valence-electron chi connectivity index (χ4n) is 3.68. The van der Waals surface area contributed by atoms with E-state index in [1.54, 1.807) is 35.2 Å². The van der Waals surface area contributed by atoms with Gasteiger partial charge in [-0.2, -0.15) is 5.26 Å². The average molecular weight is 494 g/mol. The minimum Gasteiger partial charge on any atom is -0.486 e. The van der Waals surface area contributed by atoms with E-state index in [0.29, 0.717) is 46.8 Å². The number of ether oxygens (including phenoxy) is 2. The highest BCUT2D eigenvalue weighted by atomic mass is 32.2. The van der Waals surface area contributed by atoms with E-state index < -0.39 is 5.92 Å². The largest absolute Gasteiger partial charge is 0.486 e. The number of nitriles is 1. The molecule has 0 aliphatic carbocycles. The van der Waals surface area contributed by atoms with Gasteiger partial charge in [-0.1, -0.05) is 35.2 Å². The lowest BCUT2D eigenvalue weighted by Crippen LogP contribution is -2.28. The first-order valence-electron chi connectivity index (χ1n) is 10.6.